The average molecular weight is 1140 g/mol. The lowest BCUT2D eigenvalue weighted by molar-refractivity contribution is -0.359. The third-order valence-electron chi connectivity index (χ3n) is 15.0. The Labute approximate surface area is 490 Å². The number of nitrogens with one attached hydrogen (secondary N) is 1. The summed E-state index contributed by atoms with van der Waals surface area (Å²) in [7, 11) is 0. The van der Waals surface area contributed by atoms with Crippen molar-refractivity contribution in [1.29, 1.82) is 0 Å². The van der Waals surface area contributed by atoms with Crippen molar-refractivity contribution in [2.45, 2.75) is 299 Å². The van der Waals surface area contributed by atoms with Crippen molar-refractivity contribution >= 4 is 5.91 Å². The summed E-state index contributed by atoms with van der Waals surface area (Å²) in [5.74, 6) is -0.245. The quantitative estimate of drug-likeness (QED) is 0.0204. The van der Waals surface area contributed by atoms with Gasteiger partial charge in [-0.25, -0.2) is 0 Å². The van der Waals surface area contributed by atoms with E-state index in [1.165, 1.54) is 109 Å². The summed E-state index contributed by atoms with van der Waals surface area (Å²) in [5, 5.41) is 87.0. The SMILES string of the molecule is CC/C=C\C/C=C\C/C=C\C/C=C\C/C=C\C/C=C\C/C=C\CCCCCCCCCCCCCCCC(=O)NC(COC1OC(CO)C(OC2OC(CO)C(O)C(O)C2O)C(O)C1O)C(O)/C=C/CCCCCCCCCCCC. The van der Waals surface area contributed by atoms with Crippen molar-refractivity contribution in [1.82, 2.24) is 5.32 Å². The first-order chi connectivity index (χ1) is 39.6. The maximum Gasteiger partial charge on any atom is 0.220 e. The van der Waals surface area contributed by atoms with E-state index in [0.29, 0.717) is 6.42 Å². The molecule has 9 N–H and O–H groups in total. The van der Waals surface area contributed by atoms with Crippen molar-refractivity contribution in [3.05, 3.63) is 97.2 Å². The highest BCUT2D eigenvalue weighted by atomic mass is 16.7. The van der Waals surface area contributed by atoms with E-state index in [9.17, 15) is 45.6 Å². The van der Waals surface area contributed by atoms with Crippen LogP contribution in [-0.2, 0) is 23.7 Å². The maximum absolute atomic E-state index is 13.3. The Bertz CT molecular complexity index is 1730. The minimum atomic E-state index is -1.79. The van der Waals surface area contributed by atoms with Crippen LogP contribution in [0.5, 0.6) is 0 Å². The van der Waals surface area contributed by atoms with Crippen LogP contribution in [0.1, 0.15) is 226 Å². The van der Waals surface area contributed by atoms with Gasteiger partial charge in [0.05, 0.1) is 32.0 Å². The van der Waals surface area contributed by atoms with Crippen LogP contribution in [0.25, 0.3) is 0 Å². The monoisotopic (exact) mass is 1140 g/mol. The Hall–Kier alpha value is -3.09. The first kappa shape index (κ1) is 74.0. The van der Waals surface area contributed by atoms with E-state index >= 15 is 0 Å². The topological polar surface area (TPSA) is 228 Å². The van der Waals surface area contributed by atoms with Crippen LogP contribution in [0.2, 0.25) is 0 Å². The molecular weight excluding hydrogens is 1030 g/mol. The molecule has 0 aromatic heterocycles. The smallest absolute Gasteiger partial charge is 0.220 e. The molecule has 2 aliphatic rings. The Balaban J connectivity index is 1.63. The molecule has 14 nitrogen and oxygen atoms in total. The van der Waals surface area contributed by atoms with Crippen LogP contribution in [-0.4, -0.2) is 140 Å². The Morgan fingerprint density at radius 3 is 1.31 bits per heavy atom. The molecule has 2 fully saturated rings. The standard InChI is InChI=1S/C67H115NO13/c1-3-5-7-9-11-13-15-17-18-19-20-21-22-23-24-25-26-27-28-29-30-31-32-33-34-35-36-37-38-39-41-43-45-47-49-51-59(72)68-55(56(71)50-48-46-44-42-40-16-14-12-10-8-6-4-2)54-78-66-64(77)62(75)65(58(53-70)80-66)81-67-63(76)61(74)60(73)57(52-69)79-67/h5,7,11,13,17-18,20-21,23-24,26-27,29-30,48,50,55-58,60-67,69-71,73-77H,3-4,6,8-10,12,14-16,19,22,25,28,31-47,49,51-54H2,1-2H3,(H,68,72)/b7-5-,13-11-,18-17-,21-20-,24-23-,27-26-,30-29-,50-48+. The number of rotatable bonds is 50. The number of carbonyl (C=O) groups is 1. The molecule has 466 valence electrons. The van der Waals surface area contributed by atoms with Gasteiger partial charge >= 0.3 is 0 Å². The molecular formula is C67H115NO13. The molecule has 12 unspecified atom stereocenters. The van der Waals surface area contributed by atoms with Gasteiger partial charge in [-0.05, 0) is 77.0 Å². The molecule has 1 amide bonds. The van der Waals surface area contributed by atoms with Crippen molar-refractivity contribution in [2.75, 3.05) is 19.8 Å². The zero-order valence-electron chi connectivity index (χ0n) is 50.2. The number of unbranched alkanes of at least 4 members (excludes halogenated alkanes) is 23. The van der Waals surface area contributed by atoms with E-state index < -0.39 is 86.8 Å². The number of allylic oxidation sites excluding steroid dienone is 15. The Kier molecular flexibility index (Phi) is 46.9. The maximum atomic E-state index is 13.3. The fraction of sp³-hybridized carbons (Fsp3) is 0.746. The molecule has 2 aliphatic heterocycles. The second kappa shape index (κ2) is 51.3. The number of ether oxygens (including phenoxy) is 4. The van der Waals surface area contributed by atoms with E-state index in [1.807, 2.05) is 6.08 Å². The zero-order chi connectivity index (χ0) is 58.8. The van der Waals surface area contributed by atoms with Gasteiger partial charge in [-0.2, -0.15) is 0 Å². The third kappa shape index (κ3) is 36.4. The normalized spacial score (nSPS) is 24.8. The molecule has 2 rings (SSSR count). The van der Waals surface area contributed by atoms with Crippen molar-refractivity contribution in [3.63, 3.8) is 0 Å². The van der Waals surface area contributed by atoms with Gasteiger partial charge in [-0.1, -0.05) is 239 Å². The third-order valence-corrected chi connectivity index (χ3v) is 15.0. The molecule has 2 saturated heterocycles. The number of hydrogen-bond donors (Lipinski definition) is 9. The molecule has 0 aromatic carbocycles. The van der Waals surface area contributed by atoms with E-state index in [1.54, 1.807) is 6.08 Å². The summed E-state index contributed by atoms with van der Waals surface area (Å²) in [4.78, 5) is 13.3. The van der Waals surface area contributed by atoms with Gasteiger partial charge in [-0.3, -0.25) is 4.79 Å². The van der Waals surface area contributed by atoms with Gasteiger partial charge < -0.3 is 65.1 Å². The summed E-state index contributed by atoms with van der Waals surface area (Å²) in [5.41, 5.74) is 0. The molecule has 0 saturated carbocycles. The molecule has 14 heteroatoms. The van der Waals surface area contributed by atoms with Gasteiger partial charge in [0.2, 0.25) is 5.91 Å². The lowest BCUT2D eigenvalue weighted by Gasteiger charge is -2.46. The highest BCUT2D eigenvalue weighted by Crippen LogP contribution is 2.30. The first-order valence-corrected chi connectivity index (χ1v) is 32.0. The number of aliphatic hydroxyl groups is 8. The Morgan fingerprint density at radius 1 is 0.457 bits per heavy atom. The summed E-state index contributed by atoms with van der Waals surface area (Å²) in [6.45, 7) is 2.66. The first-order valence-electron chi connectivity index (χ1n) is 32.0. The molecule has 0 radical (unpaired) electrons. The molecule has 2 heterocycles. The number of aliphatic hydroxyl groups excluding tert-OH is 8. The summed E-state index contributed by atoms with van der Waals surface area (Å²) < 4.78 is 22.8. The van der Waals surface area contributed by atoms with Crippen LogP contribution in [0, 0.1) is 0 Å². The van der Waals surface area contributed by atoms with Gasteiger partial charge in [0.15, 0.2) is 12.6 Å². The summed E-state index contributed by atoms with van der Waals surface area (Å²) >= 11 is 0. The minimum absolute atomic E-state index is 0.245. The second-order valence-corrected chi connectivity index (χ2v) is 22.2. The van der Waals surface area contributed by atoms with E-state index in [4.69, 9.17) is 18.9 Å². The molecule has 0 aromatic rings. The van der Waals surface area contributed by atoms with Crippen LogP contribution >= 0.6 is 0 Å². The number of carbonyl (C=O) groups excluding carboxylic acids is 1. The van der Waals surface area contributed by atoms with Crippen molar-refractivity contribution < 1.29 is 64.6 Å². The zero-order valence-corrected chi connectivity index (χ0v) is 50.2. The lowest BCUT2D eigenvalue weighted by Crippen LogP contribution is -2.65. The average Bonchev–Trinajstić information content (AvgIpc) is 3.46. The number of hydrogen-bond acceptors (Lipinski definition) is 13. The van der Waals surface area contributed by atoms with Crippen molar-refractivity contribution in [3.8, 4) is 0 Å². The van der Waals surface area contributed by atoms with Crippen LogP contribution in [0.3, 0.4) is 0 Å². The highest BCUT2D eigenvalue weighted by Gasteiger charge is 2.51. The lowest BCUT2D eigenvalue weighted by atomic mass is 9.97. The van der Waals surface area contributed by atoms with Crippen molar-refractivity contribution in [2.24, 2.45) is 0 Å². The van der Waals surface area contributed by atoms with Crippen LogP contribution < -0.4 is 5.32 Å². The van der Waals surface area contributed by atoms with Gasteiger partial charge in [-0.15, -0.1) is 0 Å². The molecule has 0 bridgehead atoms. The Morgan fingerprint density at radius 2 is 0.852 bits per heavy atom. The predicted octanol–water partition coefficient (Wildman–Crippen LogP) is 11.8. The fourth-order valence-corrected chi connectivity index (χ4v) is 9.92. The molecule has 0 aliphatic carbocycles. The molecule has 12 atom stereocenters. The number of amides is 1. The van der Waals surface area contributed by atoms with Crippen LogP contribution in [0.15, 0.2) is 97.2 Å². The molecule has 0 spiro atoms. The highest BCUT2D eigenvalue weighted by molar-refractivity contribution is 5.76. The van der Waals surface area contributed by atoms with Gasteiger partial charge in [0, 0.05) is 6.42 Å². The van der Waals surface area contributed by atoms with Gasteiger partial charge in [0.25, 0.3) is 0 Å². The van der Waals surface area contributed by atoms with E-state index in [-0.39, 0.29) is 18.9 Å². The summed E-state index contributed by atoms with van der Waals surface area (Å²) in [6, 6.07) is -0.919. The van der Waals surface area contributed by atoms with Crippen LogP contribution in [0.4, 0.5) is 0 Å². The van der Waals surface area contributed by atoms with E-state index in [0.717, 1.165) is 89.9 Å². The predicted molar refractivity (Wildman–Crippen MR) is 327 cm³/mol. The second-order valence-electron chi connectivity index (χ2n) is 22.2. The minimum Gasteiger partial charge on any atom is -0.394 e. The van der Waals surface area contributed by atoms with E-state index in [2.05, 4.69) is 104 Å². The van der Waals surface area contributed by atoms with Gasteiger partial charge in [0.1, 0.15) is 48.8 Å². The largest absolute Gasteiger partial charge is 0.394 e. The summed E-state index contributed by atoms with van der Waals surface area (Å²) in [6.07, 6.45) is 54.6. The molecule has 81 heavy (non-hydrogen) atoms. The fourth-order valence-electron chi connectivity index (χ4n) is 9.92.